The van der Waals surface area contributed by atoms with E-state index in [1.807, 2.05) is 0 Å². The molecule has 0 saturated heterocycles. The summed E-state index contributed by atoms with van der Waals surface area (Å²) in [5, 5.41) is 5.79. The van der Waals surface area contributed by atoms with E-state index in [0.717, 1.165) is 6.54 Å². The molecule has 0 fully saturated rings. The lowest BCUT2D eigenvalue weighted by Gasteiger charge is -2.44. The Labute approximate surface area is 242 Å². The van der Waals surface area contributed by atoms with E-state index < -0.39 is 8.07 Å². The van der Waals surface area contributed by atoms with Crippen LogP contribution in [-0.2, 0) is 6.54 Å². The van der Waals surface area contributed by atoms with Crippen molar-refractivity contribution in [1.29, 1.82) is 0 Å². The van der Waals surface area contributed by atoms with Crippen molar-refractivity contribution in [1.82, 2.24) is 0 Å². The molecule has 2 aliphatic heterocycles. The normalized spacial score (nSPS) is 14.1. The van der Waals surface area contributed by atoms with E-state index in [0.29, 0.717) is 0 Å². The van der Waals surface area contributed by atoms with Crippen molar-refractivity contribution in [3.05, 3.63) is 151 Å². The molecular formula is C38H31N2Si+. The number of hydrogen-bond acceptors (Lipinski definition) is 1. The van der Waals surface area contributed by atoms with Crippen molar-refractivity contribution < 1.29 is 4.57 Å². The van der Waals surface area contributed by atoms with Crippen LogP contribution in [0.5, 0.6) is 0 Å². The fourth-order valence-corrected chi connectivity index (χ4v) is 12.6. The Morgan fingerprint density at radius 2 is 1.24 bits per heavy atom. The van der Waals surface area contributed by atoms with Crippen LogP contribution in [0.25, 0.3) is 22.4 Å². The van der Waals surface area contributed by atoms with Gasteiger partial charge in [0.25, 0.3) is 0 Å². The third-order valence-corrected chi connectivity index (χ3v) is 14.0. The number of aryl methyl sites for hydroxylation is 1. The lowest BCUT2D eigenvalue weighted by Crippen LogP contribution is -2.77. The van der Waals surface area contributed by atoms with Gasteiger partial charge in [-0.25, -0.2) is 0 Å². The van der Waals surface area contributed by atoms with Crippen LogP contribution in [0.3, 0.4) is 0 Å². The molecule has 0 bridgehead atoms. The Hall–Kier alpha value is -4.73. The number of pyridine rings is 1. The summed E-state index contributed by atoms with van der Waals surface area (Å²) >= 11 is 0. The molecule has 0 spiro atoms. The van der Waals surface area contributed by atoms with Crippen molar-refractivity contribution in [2.75, 3.05) is 11.9 Å². The summed E-state index contributed by atoms with van der Waals surface area (Å²) in [6, 6.07) is 49.7. The summed E-state index contributed by atoms with van der Waals surface area (Å²) in [5.74, 6) is 0. The fourth-order valence-electron chi connectivity index (χ4n) is 7.38. The van der Waals surface area contributed by atoms with Crippen molar-refractivity contribution in [3.63, 3.8) is 0 Å². The van der Waals surface area contributed by atoms with Crippen LogP contribution in [0.15, 0.2) is 140 Å². The van der Waals surface area contributed by atoms with Gasteiger partial charge in [0.2, 0.25) is 5.69 Å². The highest BCUT2D eigenvalue weighted by Gasteiger charge is 2.49. The number of rotatable bonds is 3. The molecule has 2 nitrogen and oxygen atoms in total. The first-order valence-corrected chi connectivity index (χ1v) is 16.4. The topological polar surface area (TPSA) is 7.12 Å². The van der Waals surface area contributed by atoms with Crippen molar-refractivity contribution in [3.8, 4) is 22.4 Å². The minimum absolute atomic E-state index is 0.870. The van der Waals surface area contributed by atoms with Crippen molar-refractivity contribution >= 4 is 40.2 Å². The van der Waals surface area contributed by atoms with E-state index >= 15 is 0 Å². The predicted molar refractivity (Wildman–Crippen MR) is 173 cm³/mol. The number of anilines is 2. The van der Waals surface area contributed by atoms with Gasteiger partial charge in [-0.2, -0.15) is 4.57 Å². The van der Waals surface area contributed by atoms with E-state index in [4.69, 9.17) is 0 Å². The number of aromatic nitrogens is 1. The van der Waals surface area contributed by atoms with E-state index in [1.54, 1.807) is 0 Å². The minimum atomic E-state index is -2.59. The van der Waals surface area contributed by atoms with Crippen molar-refractivity contribution in [2.24, 2.45) is 0 Å². The zero-order chi connectivity index (χ0) is 27.6. The molecule has 0 unspecified atom stereocenters. The SMILES string of the molecule is Cc1cc2[n+](cc1-c1ccccc1)Cc1c-2ccc2c1N(C)c1ccccc1[Si]2(c1ccccc1)c1ccccc1. The van der Waals surface area contributed by atoms with E-state index in [9.17, 15) is 0 Å². The Balaban J connectivity index is 1.42. The molecule has 0 saturated carbocycles. The number of benzene rings is 5. The number of fused-ring (bicyclic) bond motifs is 6. The van der Waals surface area contributed by atoms with Crippen LogP contribution in [0.1, 0.15) is 11.1 Å². The van der Waals surface area contributed by atoms with Crippen LogP contribution >= 0.6 is 0 Å². The van der Waals surface area contributed by atoms with E-state index in [2.05, 4.69) is 163 Å². The molecular weight excluding hydrogens is 513 g/mol. The minimum Gasteiger partial charge on any atom is -0.344 e. The summed E-state index contributed by atoms with van der Waals surface area (Å²) in [7, 11) is -0.325. The molecule has 8 rings (SSSR count). The van der Waals surface area contributed by atoms with Gasteiger partial charge in [-0.15, -0.1) is 0 Å². The number of para-hydroxylation sites is 1. The summed E-state index contributed by atoms with van der Waals surface area (Å²) in [6.45, 7) is 3.11. The zero-order valence-electron chi connectivity index (χ0n) is 23.4. The van der Waals surface area contributed by atoms with E-state index in [-0.39, 0.29) is 0 Å². The number of nitrogens with zero attached hydrogens (tertiary/aromatic N) is 2. The molecule has 2 aliphatic rings. The average molecular weight is 544 g/mol. The Bertz CT molecular complexity index is 1890. The largest absolute Gasteiger partial charge is 0.344 e. The van der Waals surface area contributed by atoms with Crippen LogP contribution < -0.4 is 30.2 Å². The highest BCUT2D eigenvalue weighted by atomic mass is 28.3. The molecule has 5 aromatic carbocycles. The predicted octanol–water partition coefficient (Wildman–Crippen LogP) is 5.44. The first-order valence-electron chi connectivity index (χ1n) is 14.4. The van der Waals surface area contributed by atoms with Gasteiger partial charge in [-0.3, -0.25) is 0 Å². The van der Waals surface area contributed by atoms with Gasteiger partial charge < -0.3 is 4.90 Å². The first kappa shape index (κ1) is 24.1. The second-order valence-corrected chi connectivity index (χ2v) is 15.0. The molecule has 6 aromatic rings. The van der Waals surface area contributed by atoms with Gasteiger partial charge in [-0.1, -0.05) is 115 Å². The van der Waals surface area contributed by atoms with Gasteiger partial charge >= 0.3 is 0 Å². The van der Waals surface area contributed by atoms with Crippen LogP contribution in [0, 0.1) is 6.92 Å². The smallest absolute Gasteiger partial charge is 0.213 e. The van der Waals surface area contributed by atoms with Gasteiger partial charge in [0.1, 0.15) is 0 Å². The van der Waals surface area contributed by atoms with Crippen LogP contribution in [0.4, 0.5) is 11.4 Å². The molecule has 0 amide bonds. The van der Waals surface area contributed by atoms with E-state index in [1.165, 1.54) is 65.6 Å². The van der Waals surface area contributed by atoms with Gasteiger partial charge in [0.05, 0.1) is 16.8 Å². The molecule has 0 N–H and O–H groups in total. The maximum atomic E-state index is 2.47. The molecule has 0 atom stereocenters. The van der Waals surface area contributed by atoms with Crippen LogP contribution in [-0.4, -0.2) is 15.1 Å². The standard InChI is InChI=1S/C38H31N2Si/c1-27-24-35-31-22-23-37-38(33(31)26-40(35)25-32(27)28-14-6-3-7-15-28)39(2)34-20-12-13-21-36(34)41(37,29-16-8-4-9-17-29)30-18-10-5-11-19-30/h3-25H,26H2,1-2H3/q+1. The maximum absolute atomic E-state index is 2.59. The lowest BCUT2D eigenvalue weighted by molar-refractivity contribution is -0.671. The summed E-state index contributed by atoms with van der Waals surface area (Å²) in [5.41, 5.74) is 10.6. The third-order valence-electron chi connectivity index (χ3n) is 9.17. The first-order chi connectivity index (χ1) is 20.2. The molecule has 0 radical (unpaired) electrons. The third kappa shape index (κ3) is 3.39. The Kier molecular flexibility index (Phi) is 5.38. The fraction of sp³-hybridized carbons (Fsp3) is 0.0789. The zero-order valence-corrected chi connectivity index (χ0v) is 24.4. The lowest BCUT2D eigenvalue weighted by atomic mass is 10.00. The van der Waals surface area contributed by atoms with Gasteiger partial charge in [-0.05, 0) is 50.9 Å². The van der Waals surface area contributed by atoms with Crippen LogP contribution in [0.2, 0.25) is 0 Å². The highest BCUT2D eigenvalue weighted by molar-refractivity contribution is 7.21. The molecule has 0 aliphatic carbocycles. The Morgan fingerprint density at radius 1 is 0.634 bits per heavy atom. The highest BCUT2D eigenvalue weighted by Crippen LogP contribution is 2.40. The Morgan fingerprint density at radius 3 is 1.93 bits per heavy atom. The molecule has 3 heteroatoms. The second-order valence-electron chi connectivity index (χ2n) is 11.3. The summed E-state index contributed by atoms with van der Waals surface area (Å²) in [6.07, 6.45) is 2.36. The van der Waals surface area contributed by atoms with Gasteiger partial charge in [0.15, 0.2) is 20.8 Å². The number of hydrogen-bond donors (Lipinski definition) is 0. The monoisotopic (exact) mass is 543 g/mol. The molecule has 41 heavy (non-hydrogen) atoms. The second kappa shape index (κ2) is 9.15. The van der Waals surface area contributed by atoms with Gasteiger partial charge in [0, 0.05) is 24.4 Å². The maximum Gasteiger partial charge on any atom is 0.213 e. The molecule has 196 valence electrons. The average Bonchev–Trinajstić information content (AvgIpc) is 3.39. The summed E-state index contributed by atoms with van der Waals surface area (Å²) < 4.78 is 2.46. The van der Waals surface area contributed by atoms with Crippen molar-refractivity contribution in [2.45, 2.75) is 13.5 Å². The quantitative estimate of drug-likeness (QED) is 0.213. The molecule has 3 heterocycles. The molecule has 1 aromatic heterocycles. The summed E-state index contributed by atoms with van der Waals surface area (Å²) in [4.78, 5) is 2.47.